The van der Waals surface area contributed by atoms with Gasteiger partial charge in [0.1, 0.15) is 5.78 Å². The molecule has 1 rings (SSSR count). The zero-order chi connectivity index (χ0) is 14.3. The quantitative estimate of drug-likeness (QED) is 0.501. The predicted octanol–water partition coefficient (Wildman–Crippen LogP) is 2.02. The van der Waals surface area contributed by atoms with Crippen LogP contribution in [0.4, 0.5) is 0 Å². The molecule has 1 saturated heterocycles. The van der Waals surface area contributed by atoms with E-state index >= 15 is 0 Å². The minimum Gasteiger partial charge on any atom is -0.300 e. The number of nitrogens with zero attached hydrogens (tertiary/aromatic N) is 1. The number of amides is 2. The van der Waals surface area contributed by atoms with E-state index < -0.39 is 0 Å². The van der Waals surface area contributed by atoms with Gasteiger partial charge in [0.15, 0.2) is 0 Å². The van der Waals surface area contributed by atoms with E-state index in [9.17, 15) is 14.4 Å². The van der Waals surface area contributed by atoms with Crippen molar-refractivity contribution in [1.82, 2.24) is 4.90 Å². The number of carbonyl (C=O) groups is 3. The van der Waals surface area contributed by atoms with Gasteiger partial charge in [-0.3, -0.25) is 19.3 Å². The molecule has 0 N–H and O–H groups in total. The summed E-state index contributed by atoms with van der Waals surface area (Å²) < 4.78 is 6.94. The maximum Gasteiger partial charge on any atom is 0.242 e. The number of hydrogen-bond acceptors (Lipinski definition) is 4. The van der Waals surface area contributed by atoms with E-state index in [1.807, 2.05) is 6.26 Å². The van der Waals surface area contributed by atoms with E-state index in [2.05, 4.69) is 0 Å². The molecule has 1 atom stereocenters. The Balaban J connectivity index is 2.18. The van der Waals surface area contributed by atoms with E-state index in [0.29, 0.717) is 25.8 Å². The number of hydrogen-bond donors (Lipinski definition) is 0. The molecule has 0 aromatic heterocycles. The lowest BCUT2D eigenvalue weighted by molar-refractivity contribution is -0.138. The van der Waals surface area contributed by atoms with Crippen molar-refractivity contribution in [2.75, 3.05) is 12.8 Å². The van der Waals surface area contributed by atoms with Crippen molar-refractivity contribution in [1.29, 1.82) is 0 Å². The third-order valence-corrected chi connectivity index (χ3v) is 4.04. The number of rotatable bonds is 8. The van der Waals surface area contributed by atoms with Crippen LogP contribution in [0.15, 0.2) is 0 Å². The van der Waals surface area contributed by atoms with Crippen molar-refractivity contribution in [3.63, 3.8) is 0 Å². The zero-order valence-electron chi connectivity index (χ0n) is 11.8. The number of Topliss-reactive ketones (excluding diaryl/α,β-unsaturated/α-hetero) is 1. The molecule has 0 aliphatic carbocycles. The Bertz CT molecular complexity index is 349. The number of thioether (sulfide) groups is 1. The van der Waals surface area contributed by atoms with Crippen molar-refractivity contribution in [3.05, 3.63) is 0 Å². The van der Waals surface area contributed by atoms with Gasteiger partial charge < -0.3 is 0 Å². The number of likely N-dealkylation sites (tertiary alicyclic amines) is 1. The van der Waals surface area contributed by atoms with Crippen molar-refractivity contribution < 1.29 is 15.8 Å². The summed E-state index contributed by atoms with van der Waals surface area (Å²) in [4.78, 5) is 36.0. The zero-order valence-corrected chi connectivity index (χ0v) is 11.6. The molecule has 1 aliphatic rings. The second-order valence-corrected chi connectivity index (χ2v) is 5.45. The number of ketones is 1. The second-order valence-electron chi connectivity index (χ2n) is 4.41. The molecule has 5 heteroatoms. The van der Waals surface area contributed by atoms with Gasteiger partial charge in [-0.2, -0.15) is 11.8 Å². The highest BCUT2D eigenvalue weighted by atomic mass is 32.2. The van der Waals surface area contributed by atoms with Crippen LogP contribution < -0.4 is 0 Å². The van der Waals surface area contributed by atoms with E-state index in [1.165, 1.54) is 16.7 Å². The first-order chi connectivity index (χ1) is 9.10. The van der Waals surface area contributed by atoms with E-state index in [0.717, 1.165) is 19.3 Å². The van der Waals surface area contributed by atoms with E-state index in [4.69, 9.17) is 1.37 Å². The predicted molar refractivity (Wildman–Crippen MR) is 72.4 cm³/mol. The van der Waals surface area contributed by atoms with Crippen LogP contribution in [0.2, 0.25) is 0 Å². The maximum absolute atomic E-state index is 11.8. The summed E-state index contributed by atoms with van der Waals surface area (Å²) in [6, 6.07) is 0. The fourth-order valence-electron chi connectivity index (χ4n) is 1.97. The van der Waals surface area contributed by atoms with Gasteiger partial charge in [0.05, 0.1) is 5.25 Å². The van der Waals surface area contributed by atoms with Gasteiger partial charge in [-0.15, -0.1) is 0 Å². The van der Waals surface area contributed by atoms with Crippen LogP contribution >= 0.6 is 11.8 Å². The fourth-order valence-corrected chi connectivity index (χ4v) is 2.60. The van der Waals surface area contributed by atoms with Gasteiger partial charge in [0, 0.05) is 27.2 Å². The summed E-state index contributed by atoms with van der Waals surface area (Å²) in [5, 5.41) is -0.203. The van der Waals surface area contributed by atoms with Crippen molar-refractivity contribution in [2.24, 2.45) is 0 Å². The van der Waals surface area contributed by atoms with Crippen LogP contribution in [0.5, 0.6) is 0 Å². The van der Waals surface area contributed by atoms with Gasteiger partial charge >= 0.3 is 0 Å². The Hall–Kier alpha value is -0.840. The van der Waals surface area contributed by atoms with Gasteiger partial charge in [-0.25, -0.2) is 0 Å². The molecule has 0 aromatic rings. The normalized spacial score (nSPS) is 20.4. The minimum atomic E-state index is -0.203. The number of imide groups is 1. The van der Waals surface area contributed by atoms with Crippen molar-refractivity contribution >= 4 is 29.4 Å². The SMILES string of the molecule is [2H]CCC(=O)CCCCCN1C(=O)CC(SC)C1=O. The molecule has 0 aromatic carbocycles. The topological polar surface area (TPSA) is 54.5 Å². The molecule has 18 heavy (non-hydrogen) atoms. The Morgan fingerprint density at radius 1 is 1.44 bits per heavy atom. The first-order valence-corrected chi connectivity index (χ1v) is 7.57. The van der Waals surface area contributed by atoms with Crippen molar-refractivity contribution in [3.8, 4) is 0 Å². The lowest BCUT2D eigenvalue weighted by Gasteiger charge is -2.14. The molecular weight excluding hydrogens is 250 g/mol. The van der Waals surface area contributed by atoms with Crippen molar-refractivity contribution in [2.45, 2.75) is 50.7 Å². The third kappa shape index (κ3) is 4.12. The first kappa shape index (κ1) is 13.6. The lowest BCUT2D eigenvalue weighted by Crippen LogP contribution is -2.32. The molecule has 0 saturated carbocycles. The monoisotopic (exact) mass is 272 g/mol. The molecule has 0 radical (unpaired) electrons. The molecule has 102 valence electrons. The largest absolute Gasteiger partial charge is 0.300 e. The maximum atomic E-state index is 11.8. The van der Waals surface area contributed by atoms with Crippen LogP contribution in [0.3, 0.4) is 0 Å². The molecule has 0 spiro atoms. The molecule has 1 heterocycles. The Morgan fingerprint density at radius 2 is 2.22 bits per heavy atom. The number of carbonyl (C=O) groups excluding carboxylic acids is 3. The molecule has 1 fully saturated rings. The van der Waals surface area contributed by atoms with Crippen LogP contribution in [-0.4, -0.2) is 40.5 Å². The summed E-state index contributed by atoms with van der Waals surface area (Å²) in [5.41, 5.74) is 0. The summed E-state index contributed by atoms with van der Waals surface area (Å²) in [6.07, 6.45) is 5.38. The van der Waals surface area contributed by atoms with Gasteiger partial charge in [-0.05, 0) is 19.1 Å². The van der Waals surface area contributed by atoms with E-state index in [-0.39, 0.29) is 29.7 Å². The Kier molecular flexibility index (Phi) is 5.71. The average molecular weight is 272 g/mol. The smallest absolute Gasteiger partial charge is 0.242 e. The molecule has 1 unspecified atom stereocenters. The highest BCUT2D eigenvalue weighted by molar-refractivity contribution is 8.00. The first-order valence-electron chi connectivity index (χ1n) is 6.98. The summed E-state index contributed by atoms with van der Waals surface area (Å²) in [5.74, 6) is -0.0109. The average Bonchev–Trinajstić information content (AvgIpc) is 2.65. The minimum absolute atomic E-state index is 0.0669. The van der Waals surface area contributed by atoms with Gasteiger partial charge in [0.2, 0.25) is 11.8 Å². The van der Waals surface area contributed by atoms with Crippen LogP contribution in [0, 0.1) is 0 Å². The van der Waals surface area contributed by atoms with Crippen LogP contribution in [0.1, 0.15) is 46.8 Å². The highest BCUT2D eigenvalue weighted by Crippen LogP contribution is 2.23. The Morgan fingerprint density at radius 3 is 2.83 bits per heavy atom. The lowest BCUT2D eigenvalue weighted by atomic mass is 10.1. The van der Waals surface area contributed by atoms with Gasteiger partial charge in [0.25, 0.3) is 0 Å². The van der Waals surface area contributed by atoms with Crippen LogP contribution in [-0.2, 0) is 14.4 Å². The molecule has 0 bridgehead atoms. The number of unbranched alkanes of at least 4 members (excludes halogenated alkanes) is 2. The Labute approximate surface area is 114 Å². The van der Waals surface area contributed by atoms with Crippen LogP contribution in [0.25, 0.3) is 0 Å². The third-order valence-electron chi connectivity index (χ3n) is 3.10. The highest BCUT2D eigenvalue weighted by Gasteiger charge is 2.37. The van der Waals surface area contributed by atoms with Gasteiger partial charge in [-0.1, -0.05) is 13.3 Å². The summed E-state index contributed by atoms with van der Waals surface area (Å²) >= 11 is 1.43. The molecular formula is C13H21NO3S. The van der Waals surface area contributed by atoms with E-state index in [1.54, 1.807) is 0 Å². The summed E-state index contributed by atoms with van der Waals surface area (Å²) in [6.45, 7) is 0.632. The second kappa shape index (κ2) is 7.56. The molecule has 4 nitrogen and oxygen atoms in total. The summed E-state index contributed by atoms with van der Waals surface area (Å²) in [7, 11) is 0. The fraction of sp³-hybridized carbons (Fsp3) is 0.769. The molecule has 2 amide bonds. The molecule has 1 aliphatic heterocycles. The standard InChI is InChI=1S/C13H21NO3S/c1-3-10(15)7-5-4-6-8-14-12(16)9-11(18-2)13(14)17/h11H,3-9H2,1-2H3/i1D.